The second-order valence-electron chi connectivity index (χ2n) is 7.09. The lowest BCUT2D eigenvalue weighted by Gasteiger charge is -2.18. The number of sulfonamides is 1. The number of anilines is 1. The molecule has 1 aromatic heterocycles. The summed E-state index contributed by atoms with van der Waals surface area (Å²) in [6, 6.07) is 11.1. The molecule has 0 saturated heterocycles. The second kappa shape index (κ2) is 9.41. The average molecular weight is 495 g/mol. The van der Waals surface area contributed by atoms with Gasteiger partial charge in [-0.1, -0.05) is 41.4 Å². The zero-order valence-electron chi connectivity index (χ0n) is 17.5. The van der Waals surface area contributed by atoms with Crippen LogP contribution in [-0.4, -0.2) is 42.0 Å². The Morgan fingerprint density at radius 1 is 1.09 bits per heavy atom. The largest absolute Gasteiger partial charge is 0.324 e. The van der Waals surface area contributed by atoms with Crippen LogP contribution >= 0.6 is 23.2 Å². The highest BCUT2D eigenvalue weighted by atomic mass is 35.5. The number of aromatic nitrogens is 2. The van der Waals surface area contributed by atoms with E-state index >= 15 is 0 Å². The zero-order chi connectivity index (χ0) is 23.6. The minimum absolute atomic E-state index is 0.0212. The highest BCUT2D eigenvalue weighted by Crippen LogP contribution is 2.21. The van der Waals surface area contributed by atoms with Crippen LogP contribution in [-0.2, 0) is 14.8 Å². The van der Waals surface area contributed by atoms with Gasteiger partial charge >= 0.3 is 0 Å². The summed E-state index contributed by atoms with van der Waals surface area (Å²) in [5.41, 5.74) is 2.10. The Morgan fingerprint density at radius 3 is 2.28 bits per heavy atom. The number of rotatable bonds is 6. The first kappa shape index (κ1) is 23.9. The highest BCUT2D eigenvalue weighted by Gasteiger charge is 2.23. The fourth-order valence-corrected chi connectivity index (χ4v) is 4.39. The number of halogens is 2. The fraction of sp³-hybridized carbons (Fsp3) is 0.190. The molecular formula is C21H20Cl2N4O4S. The molecule has 1 amide bonds. The predicted molar refractivity (Wildman–Crippen MR) is 124 cm³/mol. The standard InChI is InChI=1S/C21H20Cl2N4O4S/c1-13-5-4-6-14(2)20(13)25-18(28)12-26(3)32(30,31)16-9-7-15(8-10-16)27-21(29)19(23)17(22)11-24-27/h4-11H,12H2,1-3H3,(H,25,28). The van der Waals surface area contributed by atoms with Crippen LogP contribution in [0.15, 0.2) is 58.4 Å². The molecule has 0 radical (unpaired) electrons. The SMILES string of the molecule is Cc1cccc(C)c1NC(=O)CN(C)S(=O)(=O)c1ccc(-n2ncc(Cl)c(Cl)c2=O)cc1. The predicted octanol–water partition coefficient (Wildman–Crippen LogP) is 3.42. The third kappa shape index (κ3) is 4.86. The molecule has 11 heteroatoms. The van der Waals surface area contributed by atoms with Crippen LogP contribution in [0.25, 0.3) is 5.69 Å². The van der Waals surface area contributed by atoms with Crippen molar-refractivity contribution in [3.8, 4) is 5.69 Å². The number of benzene rings is 2. The van der Waals surface area contributed by atoms with E-state index < -0.39 is 21.5 Å². The fourth-order valence-electron chi connectivity index (χ4n) is 3.01. The monoisotopic (exact) mass is 494 g/mol. The van der Waals surface area contributed by atoms with Gasteiger partial charge in [0.05, 0.1) is 28.3 Å². The van der Waals surface area contributed by atoms with Gasteiger partial charge in [-0.25, -0.2) is 8.42 Å². The molecule has 0 bridgehead atoms. The van der Waals surface area contributed by atoms with Gasteiger partial charge in [0, 0.05) is 12.7 Å². The molecule has 1 heterocycles. The van der Waals surface area contributed by atoms with Crippen LogP contribution in [0, 0.1) is 13.8 Å². The number of carbonyl (C=O) groups excluding carboxylic acids is 1. The van der Waals surface area contributed by atoms with Crippen molar-refractivity contribution < 1.29 is 13.2 Å². The van der Waals surface area contributed by atoms with Crippen LogP contribution in [0.1, 0.15) is 11.1 Å². The summed E-state index contributed by atoms with van der Waals surface area (Å²) >= 11 is 11.6. The second-order valence-corrected chi connectivity index (χ2v) is 9.92. The van der Waals surface area contributed by atoms with Crippen LogP contribution in [0.3, 0.4) is 0 Å². The van der Waals surface area contributed by atoms with E-state index in [1.54, 1.807) is 0 Å². The Kier molecular flexibility index (Phi) is 7.04. The average Bonchev–Trinajstić information content (AvgIpc) is 2.75. The molecule has 168 valence electrons. The normalized spacial score (nSPS) is 11.6. The molecule has 0 spiro atoms. The first-order valence-electron chi connectivity index (χ1n) is 9.38. The Labute approximate surface area is 195 Å². The summed E-state index contributed by atoms with van der Waals surface area (Å²) < 4.78 is 27.7. The van der Waals surface area contributed by atoms with Gasteiger partial charge in [-0.3, -0.25) is 9.59 Å². The Balaban J connectivity index is 1.78. The smallest absolute Gasteiger partial charge is 0.291 e. The molecule has 2 aromatic carbocycles. The van der Waals surface area contributed by atoms with Crippen LogP contribution in [0.4, 0.5) is 5.69 Å². The number of carbonyl (C=O) groups is 1. The molecule has 0 fully saturated rings. The van der Waals surface area contributed by atoms with Crippen LogP contribution in [0.5, 0.6) is 0 Å². The molecule has 0 atom stereocenters. The maximum absolute atomic E-state index is 12.9. The molecule has 1 N–H and O–H groups in total. The maximum atomic E-state index is 12.9. The van der Waals surface area contributed by atoms with Gasteiger partial charge in [0.25, 0.3) is 5.56 Å². The lowest BCUT2D eigenvalue weighted by atomic mass is 10.1. The van der Waals surface area contributed by atoms with Gasteiger partial charge in [-0.2, -0.15) is 14.1 Å². The number of hydrogen-bond donors (Lipinski definition) is 1. The summed E-state index contributed by atoms with van der Waals surface area (Å²) in [7, 11) is -2.63. The van der Waals surface area contributed by atoms with Gasteiger partial charge in [-0.05, 0) is 49.2 Å². The molecule has 0 aliphatic heterocycles. The summed E-state index contributed by atoms with van der Waals surface area (Å²) in [4.78, 5) is 24.6. The number of likely N-dealkylation sites (N-methyl/N-ethyl adjacent to an activating group) is 1. The third-order valence-electron chi connectivity index (χ3n) is 4.78. The number of nitrogens with zero attached hydrogens (tertiary/aromatic N) is 3. The van der Waals surface area contributed by atoms with E-state index in [0.717, 1.165) is 20.1 Å². The quantitative estimate of drug-likeness (QED) is 0.565. The number of aryl methyl sites for hydroxylation is 2. The Bertz CT molecular complexity index is 1320. The summed E-state index contributed by atoms with van der Waals surface area (Å²) in [5.74, 6) is -0.461. The molecule has 3 aromatic rings. The number of nitrogens with one attached hydrogen (secondary N) is 1. The molecule has 32 heavy (non-hydrogen) atoms. The van der Waals surface area contributed by atoms with Crippen molar-refractivity contribution >= 4 is 44.8 Å². The molecule has 8 nitrogen and oxygen atoms in total. The van der Waals surface area contributed by atoms with Crippen molar-refractivity contribution in [2.45, 2.75) is 18.7 Å². The lowest BCUT2D eigenvalue weighted by Crippen LogP contribution is -2.35. The van der Waals surface area contributed by atoms with E-state index in [2.05, 4.69) is 10.4 Å². The van der Waals surface area contributed by atoms with Gasteiger partial charge in [0.2, 0.25) is 15.9 Å². The Hall–Kier alpha value is -2.72. The highest BCUT2D eigenvalue weighted by molar-refractivity contribution is 7.89. The first-order chi connectivity index (χ1) is 15.0. The molecule has 0 saturated carbocycles. The molecule has 0 unspecified atom stereocenters. The van der Waals surface area contributed by atoms with Crippen LogP contribution < -0.4 is 10.9 Å². The van der Waals surface area contributed by atoms with E-state index in [9.17, 15) is 18.0 Å². The van der Waals surface area contributed by atoms with Crippen molar-refractivity contribution in [1.82, 2.24) is 14.1 Å². The van der Waals surface area contributed by atoms with Crippen molar-refractivity contribution in [2.24, 2.45) is 0 Å². The molecular weight excluding hydrogens is 475 g/mol. The molecule has 0 aliphatic rings. The minimum Gasteiger partial charge on any atom is -0.324 e. The summed E-state index contributed by atoms with van der Waals surface area (Å²) in [6.07, 6.45) is 1.22. The third-order valence-corrected chi connectivity index (χ3v) is 7.34. The van der Waals surface area contributed by atoms with Crippen molar-refractivity contribution in [2.75, 3.05) is 18.9 Å². The van der Waals surface area contributed by atoms with Gasteiger partial charge in [0.1, 0.15) is 5.02 Å². The molecule has 3 rings (SSSR count). The summed E-state index contributed by atoms with van der Waals surface area (Å²) in [5, 5.41) is 6.50. The topological polar surface area (TPSA) is 101 Å². The van der Waals surface area contributed by atoms with E-state index in [0.29, 0.717) is 11.4 Å². The van der Waals surface area contributed by atoms with Crippen molar-refractivity contribution in [1.29, 1.82) is 0 Å². The van der Waals surface area contributed by atoms with Gasteiger partial charge in [0.15, 0.2) is 0 Å². The summed E-state index contributed by atoms with van der Waals surface area (Å²) in [6.45, 7) is 3.35. The maximum Gasteiger partial charge on any atom is 0.291 e. The van der Waals surface area contributed by atoms with E-state index in [-0.39, 0.29) is 21.5 Å². The van der Waals surface area contributed by atoms with Crippen molar-refractivity contribution in [3.63, 3.8) is 0 Å². The van der Waals surface area contributed by atoms with Gasteiger partial charge < -0.3 is 5.32 Å². The van der Waals surface area contributed by atoms with E-state index in [1.807, 2.05) is 32.0 Å². The lowest BCUT2D eigenvalue weighted by molar-refractivity contribution is -0.116. The number of hydrogen-bond acceptors (Lipinski definition) is 5. The van der Waals surface area contributed by atoms with Crippen LogP contribution in [0.2, 0.25) is 10.0 Å². The van der Waals surface area contributed by atoms with E-state index in [4.69, 9.17) is 23.2 Å². The number of amides is 1. The van der Waals surface area contributed by atoms with Gasteiger partial charge in [-0.15, -0.1) is 0 Å². The minimum atomic E-state index is -3.95. The van der Waals surface area contributed by atoms with E-state index in [1.165, 1.54) is 37.5 Å². The number of para-hydroxylation sites is 1. The first-order valence-corrected chi connectivity index (χ1v) is 11.6. The van der Waals surface area contributed by atoms with Crippen molar-refractivity contribution in [3.05, 3.63) is 80.2 Å². The Morgan fingerprint density at radius 2 is 1.69 bits per heavy atom. The zero-order valence-corrected chi connectivity index (χ0v) is 19.8. The molecule has 0 aliphatic carbocycles.